The summed E-state index contributed by atoms with van der Waals surface area (Å²) < 4.78 is 0. The second kappa shape index (κ2) is 7.59. The largest absolute Gasteiger partial charge is 0.341 e. The summed E-state index contributed by atoms with van der Waals surface area (Å²) >= 11 is 0. The Kier molecular flexibility index (Phi) is 6.06. The Bertz CT molecular complexity index is 329. The van der Waals surface area contributed by atoms with Gasteiger partial charge in [-0.15, -0.1) is 0 Å². The van der Waals surface area contributed by atoms with Gasteiger partial charge in [-0.1, -0.05) is 13.8 Å². The minimum absolute atomic E-state index is 0.320. The van der Waals surface area contributed by atoms with Crippen LogP contribution in [0.1, 0.15) is 47.0 Å². The van der Waals surface area contributed by atoms with Crippen molar-refractivity contribution in [3.05, 3.63) is 0 Å². The maximum Gasteiger partial charge on any atom is 0.236 e. The van der Waals surface area contributed by atoms with Gasteiger partial charge in [0, 0.05) is 31.7 Å². The lowest BCUT2D eigenvalue weighted by Crippen LogP contribution is -2.50. The fourth-order valence-corrected chi connectivity index (χ4v) is 3.79. The zero-order valence-electron chi connectivity index (χ0n) is 14.3. The smallest absolute Gasteiger partial charge is 0.236 e. The van der Waals surface area contributed by atoms with Crippen molar-refractivity contribution in [3.63, 3.8) is 0 Å². The summed E-state index contributed by atoms with van der Waals surface area (Å²) in [5.74, 6) is 1.60. The van der Waals surface area contributed by atoms with Crippen LogP contribution in [0.2, 0.25) is 0 Å². The highest BCUT2D eigenvalue weighted by atomic mass is 16.2. The van der Waals surface area contributed by atoms with Crippen molar-refractivity contribution in [2.24, 2.45) is 11.8 Å². The van der Waals surface area contributed by atoms with Crippen LogP contribution in [0.4, 0.5) is 0 Å². The van der Waals surface area contributed by atoms with Crippen molar-refractivity contribution in [1.82, 2.24) is 15.1 Å². The number of nitrogens with zero attached hydrogens (tertiary/aromatic N) is 2. The van der Waals surface area contributed by atoms with Crippen molar-refractivity contribution in [3.8, 4) is 0 Å². The van der Waals surface area contributed by atoms with E-state index in [1.807, 2.05) is 0 Å². The number of likely N-dealkylation sites (tertiary alicyclic amines) is 1. The van der Waals surface area contributed by atoms with E-state index in [1.165, 1.54) is 19.3 Å². The Morgan fingerprint density at radius 3 is 2.48 bits per heavy atom. The summed E-state index contributed by atoms with van der Waals surface area (Å²) in [7, 11) is 0. The van der Waals surface area contributed by atoms with E-state index in [4.69, 9.17) is 0 Å². The van der Waals surface area contributed by atoms with E-state index in [2.05, 4.69) is 42.8 Å². The standard InChI is InChI=1S/C17H33N3O/c1-13(2)19(11-16-6-5-7-18-16)12-17(21)20-9-14(3)8-15(4)10-20/h13-16,18H,5-12H2,1-4H3. The molecule has 3 atom stereocenters. The van der Waals surface area contributed by atoms with Crippen molar-refractivity contribution in [2.75, 3.05) is 32.7 Å². The molecule has 2 aliphatic heterocycles. The molecule has 4 heteroatoms. The van der Waals surface area contributed by atoms with Gasteiger partial charge < -0.3 is 10.2 Å². The molecule has 1 N–H and O–H groups in total. The zero-order valence-corrected chi connectivity index (χ0v) is 14.3. The molecule has 0 saturated carbocycles. The van der Waals surface area contributed by atoms with Crippen LogP contribution in [0, 0.1) is 11.8 Å². The molecule has 0 aromatic heterocycles. The molecule has 2 fully saturated rings. The first-order valence-corrected chi connectivity index (χ1v) is 8.71. The summed E-state index contributed by atoms with van der Waals surface area (Å²) in [6.45, 7) is 13.5. The Balaban J connectivity index is 1.87. The fraction of sp³-hybridized carbons (Fsp3) is 0.941. The van der Waals surface area contributed by atoms with Crippen LogP contribution >= 0.6 is 0 Å². The third-order valence-corrected chi connectivity index (χ3v) is 4.91. The monoisotopic (exact) mass is 295 g/mol. The van der Waals surface area contributed by atoms with E-state index < -0.39 is 0 Å². The SMILES string of the molecule is CC1CC(C)CN(C(=O)CN(CC2CCCN2)C(C)C)C1. The van der Waals surface area contributed by atoms with E-state index in [0.717, 1.165) is 26.2 Å². The Hall–Kier alpha value is -0.610. The number of carbonyl (C=O) groups excluding carboxylic acids is 1. The molecule has 0 aliphatic carbocycles. The lowest BCUT2D eigenvalue weighted by atomic mass is 9.92. The first kappa shape index (κ1) is 16.8. The van der Waals surface area contributed by atoms with Gasteiger partial charge in [-0.25, -0.2) is 0 Å². The van der Waals surface area contributed by atoms with Gasteiger partial charge in [0.2, 0.25) is 5.91 Å². The molecule has 2 saturated heterocycles. The van der Waals surface area contributed by atoms with Gasteiger partial charge in [-0.05, 0) is 51.5 Å². The second-order valence-corrected chi connectivity index (χ2v) is 7.56. The topological polar surface area (TPSA) is 35.6 Å². The predicted molar refractivity (Wildman–Crippen MR) is 87.3 cm³/mol. The molecular weight excluding hydrogens is 262 g/mol. The molecule has 0 aromatic carbocycles. The molecule has 2 aliphatic rings. The van der Waals surface area contributed by atoms with Crippen molar-refractivity contribution < 1.29 is 4.79 Å². The number of carbonyl (C=O) groups is 1. The van der Waals surface area contributed by atoms with E-state index in [-0.39, 0.29) is 0 Å². The predicted octanol–water partition coefficient (Wildman–Crippen LogP) is 1.95. The highest BCUT2D eigenvalue weighted by molar-refractivity contribution is 5.78. The highest BCUT2D eigenvalue weighted by Crippen LogP contribution is 2.21. The molecule has 21 heavy (non-hydrogen) atoms. The minimum atomic E-state index is 0.320. The summed E-state index contributed by atoms with van der Waals surface area (Å²) in [5, 5.41) is 3.54. The van der Waals surface area contributed by atoms with Gasteiger partial charge in [0.05, 0.1) is 6.54 Å². The van der Waals surface area contributed by atoms with Gasteiger partial charge in [0.15, 0.2) is 0 Å². The fourth-order valence-electron chi connectivity index (χ4n) is 3.79. The van der Waals surface area contributed by atoms with E-state index in [9.17, 15) is 4.79 Å². The van der Waals surface area contributed by atoms with Crippen LogP contribution in [0.25, 0.3) is 0 Å². The van der Waals surface area contributed by atoms with E-state index in [1.54, 1.807) is 0 Å². The molecule has 0 spiro atoms. The molecule has 3 unspecified atom stereocenters. The van der Waals surface area contributed by atoms with Crippen LogP contribution in [0.5, 0.6) is 0 Å². The van der Waals surface area contributed by atoms with Gasteiger partial charge in [-0.3, -0.25) is 9.69 Å². The molecule has 0 aromatic rings. The number of rotatable bonds is 5. The normalized spacial score (nSPS) is 30.4. The first-order valence-electron chi connectivity index (χ1n) is 8.71. The molecule has 0 bridgehead atoms. The first-order chi connectivity index (χ1) is 9.95. The summed E-state index contributed by atoms with van der Waals surface area (Å²) in [4.78, 5) is 17.1. The molecule has 0 radical (unpaired) electrons. The van der Waals surface area contributed by atoms with Crippen LogP contribution in [0.3, 0.4) is 0 Å². The maximum atomic E-state index is 12.6. The Labute approximate surface area is 130 Å². The van der Waals surface area contributed by atoms with E-state index >= 15 is 0 Å². The van der Waals surface area contributed by atoms with Crippen molar-refractivity contribution in [1.29, 1.82) is 0 Å². The molecule has 2 rings (SSSR count). The van der Waals surface area contributed by atoms with Crippen molar-refractivity contribution >= 4 is 5.91 Å². The quantitative estimate of drug-likeness (QED) is 0.842. The third kappa shape index (κ3) is 4.96. The average Bonchev–Trinajstić information content (AvgIpc) is 2.89. The van der Waals surface area contributed by atoms with Crippen LogP contribution in [-0.4, -0.2) is 60.5 Å². The molecule has 122 valence electrons. The summed E-state index contributed by atoms with van der Waals surface area (Å²) in [6, 6.07) is 0.996. The van der Waals surface area contributed by atoms with Gasteiger partial charge in [0.1, 0.15) is 0 Å². The van der Waals surface area contributed by atoms with Crippen LogP contribution in [0.15, 0.2) is 0 Å². The van der Waals surface area contributed by atoms with Crippen LogP contribution in [-0.2, 0) is 4.79 Å². The van der Waals surface area contributed by atoms with Crippen molar-refractivity contribution in [2.45, 2.75) is 59.0 Å². The number of piperidine rings is 1. The zero-order chi connectivity index (χ0) is 15.4. The third-order valence-electron chi connectivity index (χ3n) is 4.91. The number of nitrogens with one attached hydrogen (secondary N) is 1. The Morgan fingerprint density at radius 2 is 1.95 bits per heavy atom. The summed E-state index contributed by atoms with van der Waals surface area (Å²) in [6.07, 6.45) is 3.77. The maximum absolute atomic E-state index is 12.6. The molecule has 2 heterocycles. The highest BCUT2D eigenvalue weighted by Gasteiger charge is 2.28. The average molecular weight is 295 g/mol. The van der Waals surface area contributed by atoms with Crippen LogP contribution < -0.4 is 5.32 Å². The number of hydrogen-bond acceptors (Lipinski definition) is 3. The lowest BCUT2D eigenvalue weighted by molar-refractivity contribution is -0.135. The lowest BCUT2D eigenvalue weighted by Gasteiger charge is -2.37. The second-order valence-electron chi connectivity index (χ2n) is 7.56. The van der Waals surface area contributed by atoms with Gasteiger partial charge in [-0.2, -0.15) is 0 Å². The Morgan fingerprint density at radius 1 is 1.29 bits per heavy atom. The summed E-state index contributed by atoms with van der Waals surface area (Å²) in [5.41, 5.74) is 0. The number of hydrogen-bond donors (Lipinski definition) is 1. The van der Waals surface area contributed by atoms with Gasteiger partial charge in [0.25, 0.3) is 0 Å². The van der Waals surface area contributed by atoms with E-state index in [0.29, 0.717) is 36.4 Å². The minimum Gasteiger partial charge on any atom is -0.341 e. The molecule has 4 nitrogen and oxygen atoms in total. The molecule has 1 amide bonds. The number of amides is 1. The van der Waals surface area contributed by atoms with Gasteiger partial charge >= 0.3 is 0 Å². The molecular formula is C17H33N3O.